The smallest absolute Gasteiger partial charge is 0.213 e. The van der Waals surface area contributed by atoms with Crippen molar-refractivity contribution in [2.75, 3.05) is 33.4 Å². The van der Waals surface area contributed by atoms with Gasteiger partial charge in [-0.05, 0) is 36.7 Å². The van der Waals surface area contributed by atoms with Crippen LogP contribution in [0.1, 0.15) is 36.8 Å². The second kappa shape index (κ2) is 6.73. The zero-order chi connectivity index (χ0) is 18.1. The Labute approximate surface area is 153 Å². The molecule has 1 aliphatic heterocycles. The molecule has 1 saturated carbocycles. The van der Waals surface area contributed by atoms with Crippen LogP contribution >= 0.6 is 0 Å². The number of carbonyl (C=O) groups is 1. The quantitative estimate of drug-likeness (QED) is 0.757. The fourth-order valence-electron chi connectivity index (χ4n) is 3.99. The minimum atomic E-state index is -0.114. The highest BCUT2D eigenvalue weighted by Gasteiger charge is 2.45. The average molecular weight is 353 g/mol. The third-order valence-corrected chi connectivity index (χ3v) is 5.83. The molecule has 1 aromatic heterocycles. The molecule has 0 unspecified atom stereocenters. The molecule has 6 heteroatoms. The van der Waals surface area contributed by atoms with Gasteiger partial charge in [0.25, 0.3) is 0 Å². The molecule has 0 atom stereocenters. The molecule has 1 spiro atoms. The number of nitriles is 1. The molecule has 136 valence electrons. The van der Waals surface area contributed by atoms with Crippen LogP contribution in [0.25, 0.3) is 5.70 Å². The van der Waals surface area contributed by atoms with Crippen molar-refractivity contribution in [2.24, 2.45) is 5.41 Å². The normalized spacial score (nSPS) is 20.8. The number of rotatable bonds is 5. The first-order valence-electron chi connectivity index (χ1n) is 9.19. The molecule has 3 aliphatic rings. The summed E-state index contributed by atoms with van der Waals surface area (Å²) in [6.07, 6.45) is 6.85. The number of piperidine rings is 1. The maximum atomic E-state index is 12.5. The standard InChI is InChI=1S/C20H23N3O3/c1-25-8-9-26-18-11-15-14(13-22-18)10-17(24)16(12-21)19(15)23-6-4-20(2-3-20)5-7-23/h11,13H,2-10H2,1H3. The maximum Gasteiger partial charge on any atom is 0.213 e. The number of hydrogen-bond acceptors (Lipinski definition) is 6. The number of likely N-dealkylation sites (tertiary alicyclic amines) is 1. The van der Waals surface area contributed by atoms with Crippen molar-refractivity contribution in [3.8, 4) is 11.9 Å². The number of hydrogen-bond donors (Lipinski definition) is 0. The third-order valence-electron chi connectivity index (χ3n) is 5.83. The molecule has 1 saturated heterocycles. The van der Waals surface area contributed by atoms with Crippen LogP contribution in [-0.4, -0.2) is 49.1 Å². The van der Waals surface area contributed by atoms with Crippen LogP contribution in [0.2, 0.25) is 0 Å². The van der Waals surface area contributed by atoms with Gasteiger partial charge in [-0.3, -0.25) is 4.79 Å². The van der Waals surface area contributed by atoms with Gasteiger partial charge in [-0.15, -0.1) is 0 Å². The highest BCUT2D eigenvalue weighted by molar-refractivity contribution is 6.09. The van der Waals surface area contributed by atoms with Gasteiger partial charge in [-0.25, -0.2) is 4.98 Å². The summed E-state index contributed by atoms with van der Waals surface area (Å²) in [6, 6.07) is 4.02. The summed E-state index contributed by atoms with van der Waals surface area (Å²) < 4.78 is 10.7. The van der Waals surface area contributed by atoms with Gasteiger partial charge >= 0.3 is 0 Å². The second-order valence-corrected chi connectivity index (χ2v) is 7.44. The van der Waals surface area contributed by atoms with E-state index < -0.39 is 0 Å². The summed E-state index contributed by atoms with van der Waals surface area (Å²) >= 11 is 0. The molecule has 2 heterocycles. The van der Waals surface area contributed by atoms with Crippen molar-refractivity contribution in [1.29, 1.82) is 5.26 Å². The van der Waals surface area contributed by atoms with Crippen molar-refractivity contribution in [1.82, 2.24) is 9.88 Å². The van der Waals surface area contributed by atoms with Gasteiger partial charge in [0.05, 0.1) is 12.3 Å². The number of Topliss-reactive ketones (excluding diaryl/α,β-unsaturated/α-hetero) is 1. The molecule has 6 nitrogen and oxygen atoms in total. The average Bonchev–Trinajstić information content (AvgIpc) is 3.41. The van der Waals surface area contributed by atoms with E-state index in [0.29, 0.717) is 24.5 Å². The van der Waals surface area contributed by atoms with Gasteiger partial charge in [0, 0.05) is 44.4 Å². The molecule has 2 fully saturated rings. The number of methoxy groups -OCH3 is 1. The SMILES string of the molecule is COCCOc1cc2c(cn1)CC(=O)C(C#N)=C2N1CCC2(CC1)CC2. The number of nitrogens with zero attached hydrogens (tertiary/aromatic N) is 3. The number of carbonyl (C=O) groups excluding carboxylic acids is 1. The van der Waals surface area contributed by atoms with Gasteiger partial charge in [0.1, 0.15) is 18.2 Å². The molecule has 2 aliphatic carbocycles. The molecule has 26 heavy (non-hydrogen) atoms. The minimum Gasteiger partial charge on any atom is -0.475 e. The van der Waals surface area contributed by atoms with E-state index in [1.165, 1.54) is 12.8 Å². The molecule has 0 radical (unpaired) electrons. The second-order valence-electron chi connectivity index (χ2n) is 7.44. The molecule has 0 N–H and O–H groups in total. The highest BCUT2D eigenvalue weighted by Crippen LogP contribution is 2.54. The van der Waals surface area contributed by atoms with Crippen LogP contribution < -0.4 is 4.74 Å². The van der Waals surface area contributed by atoms with E-state index in [4.69, 9.17) is 9.47 Å². The first-order valence-corrected chi connectivity index (χ1v) is 9.19. The van der Waals surface area contributed by atoms with Gasteiger partial charge in [-0.2, -0.15) is 5.26 Å². The Bertz CT molecular complexity index is 795. The zero-order valence-electron chi connectivity index (χ0n) is 15.1. The summed E-state index contributed by atoms with van der Waals surface area (Å²) in [5.74, 6) is 0.386. The van der Waals surface area contributed by atoms with Gasteiger partial charge in [-0.1, -0.05) is 0 Å². The summed E-state index contributed by atoms with van der Waals surface area (Å²) in [5, 5.41) is 9.63. The number of fused-ring (bicyclic) bond motifs is 1. The first kappa shape index (κ1) is 17.0. The van der Waals surface area contributed by atoms with Crippen molar-refractivity contribution >= 4 is 11.5 Å². The zero-order valence-corrected chi connectivity index (χ0v) is 15.1. The lowest BCUT2D eigenvalue weighted by molar-refractivity contribution is -0.114. The number of allylic oxidation sites excluding steroid dienone is 1. The Balaban J connectivity index is 1.66. The lowest BCUT2D eigenvalue weighted by atomic mass is 9.86. The van der Waals surface area contributed by atoms with E-state index in [-0.39, 0.29) is 17.8 Å². The summed E-state index contributed by atoms with van der Waals surface area (Å²) in [6.45, 7) is 2.69. The van der Waals surface area contributed by atoms with Gasteiger partial charge < -0.3 is 14.4 Å². The van der Waals surface area contributed by atoms with E-state index in [2.05, 4.69) is 16.0 Å². The van der Waals surface area contributed by atoms with Crippen molar-refractivity contribution in [2.45, 2.75) is 32.1 Å². The highest BCUT2D eigenvalue weighted by atomic mass is 16.5. The summed E-state index contributed by atoms with van der Waals surface area (Å²) in [4.78, 5) is 19.0. The summed E-state index contributed by atoms with van der Waals surface area (Å²) in [7, 11) is 1.62. The Morgan fingerprint density at radius 2 is 2.04 bits per heavy atom. The summed E-state index contributed by atoms with van der Waals surface area (Å²) in [5.41, 5.74) is 3.37. The monoisotopic (exact) mass is 353 g/mol. The molecular formula is C20H23N3O3. The predicted octanol–water partition coefficient (Wildman–Crippen LogP) is 2.34. The van der Waals surface area contributed by atoms with Crippen molar-refractivity contribution in [3.05, 3.63) is 29.0 Å². The molecule has 0 aromatic carbocycles. The Morgan fingerprint density at radius 1 is 1.27 bits per heavy atom. The largest absolute Gasteiger partial charge is 0.475 e. The fourth-order valence-corrected chi connectivity index (χ4v) is 3.99. The number of aromatic nitrogens is 1. The van der Waals surface area contributed by atoms with Gasteiger partial charge in [0.2, 0.25) is 5.88 Å². The van der Waals surface area contributed by atoms with Crippen LogP contribution in [0.3, 0.4) is 0 Å². The molecular weight excluding hydrogens is 330 g/mol. The van der Waals surface area contributed by atoms with Crippen LogP contribution in [-0.2, 0) is 16.0 Å². The number of pyridine rings is 1. The fraction of sp³-hybridized carbons (Fsp3) is 0.550. The lowest BCUT2D eigenvalue weighted by Gasteiger charge is -2.37. The molecule has 0 amide bonds. The van der Waals surface area contributed by atoms with E-state index >= 15 is 0 Å². The Hall–Kier alpha value is -2.39. The van der Waals surface area contributed by atoms with E-state index in [0.717, 1.165) is 42.8 Å². The van der Waals surface area contributed by atoms with Crippen LogP contribution in [0.15, 0.2) is 17.8 Å². The molecule has 4 rings (SSSR count). The third kappa shape index (κ3) is 3.08. The first-order chi connectivity index (χ1) is 12.7. The van der Waals surface area contributed by atoms with E-state index in [1.54, 1.807) is 13.3 Å². The topological polar surface area (TPSA) is 75.5 Å². The number of ether oxygens (including phenoxy) is 2. The maximum absolute atomic E-state index is 12.5. The van der Waals surface area contributed by atoms with Crippen LogP contribution in [0, 0.1) is 16.7 Å². The van der Waals surface area contributed by atoms with E-state index in [1.807, 2.05) is 6.07 Å². The van der Waals surface area contributed by atoms with Crippen molar-refractivity contribution < 1.29 is 14.3 Å². The lowest BCUT2D eigenvalue weighted by Crippen LogP contribution is -2.36. The minimum absolute atomic E-state index is 0.114. The Morgan fingerprint density at radius 3 is 2.69 bits per heavy atom. The van der Waals surface area contributed by atoms with Gasteiger partial charge in [0.15, 0.2) is 5.78 Å². The van der Waals surface area contributed by atoms with Crippen LogP contribution in [0.5, 0.6) is 5.88 Å². The van der Waals surface area contributed by atoms with Crippen LogP contribution in [0.4, 0.5) is 0 Å². The molecule has 0 bridgehead atoms. The Kier molecular flexibility index (Phi) is 4.41. The van der Waals surface area contributed by atoms with E-state index in [9.17, 15) is 10.1 Å². The predicted molar refractivity (Wildman–Crippen MR) is 95.3 cm³/mol. The number of ketones is 1. The molecule has 1 aromatic rings. The van der Waals surface area contributed by atoms with Crippen molar-refractivity contribution in [3.63, 3.8) is 0 Å².